The fourth-order valence-corrected chi connectivity index (χ4v) is 2.78. The lowest BCUT2D eigenvalue weighted by molar-refractivity contribution is 0.280. The molecule has 2 aromatic rings. The van der Waals surface area contributed by atoms with Crippen LogP contribution in [0.4, 0.5) is 10.1 Å². The van der Waals surface area contributed by atoms with Crippen molar-refractivity contribution in [2.24, 2.45) is 5.14 Å². The maximum Gasteiger partial charge on any atom is 0.238 e. The number of halogens is 1. The number of nitrogens with two attached hydrogens (primary N) is 1. The molecule has 2 aromatic carbocycles. The van der Waals surface area contributed by atoms with E-state index >= 15 is 0 Å². The van der Waals surface area contributed by atoms with Crippen molar-refractivity contribution in [2.45, 2.75) is 24.3 Å². The summed E-state index contributed by atoms with van der Waals surface area (Å²) in [6.07, 6.45) is 1.49. The molecule has 0 spiro atoms. The number of anilines is 1. The van der Waals surface area contributed by atoms with Crippen molar-refractivity contribution in [3.05, 3.63) is 59.4 Å². The number of rotatable bonds is 7. The Morgan fingerprint density at radius 3 is 2.39 bits per heavy atom. The van der Waals surface area contributed by atoms with E-state index in [4.69, 9.17) is 5.14 Å². The molecule has 0 amide bonds. The molecule has 0 aliphatic rings. The summed E-state index contributed by atoms with van der Waals surface area (Å²) in [4.78, 5) is 0.0712. The molecule has 0 unspecified atom stereocenters. The van der Waals surface area contributed by atoms with E-state index in [1.54, 1.807) is 18.2 Å². The fraction of sp³-hybridized carbons (Fsp3) is 0.250. The van der Waals surface area contributed by atoms with E-state index in [9.17, 15) is 17.9 Å². The zero-order valence-electron chi connectivity index (χ0n) is 12.5. The van der Waals surface area contributed by atoms with Crippen molar-refractivity contribution in [2.75, 3.05) is 11.9 Å². The summed E-state index contributed by atoms with van der Waals surface area (Å²) in [6.45, 7) is 0.479. The third kappa shape index (κ3) is 5.02. The Kier molecular flexibility index (Phi) is 5.70. The third-order valence-electron chi connectivity index (χ3n) is 3.47. The highest BCUT2D eigenvalue weighted by atomic mass is 32.2. The first-order valence-corrected chi connectivity index (χ1v) is 8.69. The van der Waals surface area contributed by atoms with E-state index in [1.807, 2.05) is 0 Å². The number of hydrogen-bond acceptors (Lipinski definition) is 4. The summed E-state index contributed by atoms with van der Waals surface area (Å²) in [6, 6.07) is 10.6. The Morgan fingerprint density at radius 2 is 1.78 bits per heavy atom. The molecule has 0 fully saturated rings. The van der Waals surface area contributed by atoms with Crippen LogP contribution >= 0.6 is 0 Å². The van der Waals surface area contributed by atoms with Gasteiger partial charge in [0.05, 0.1) is 11.5 Å². The van der Waals surface area contributed by atoms with Crippen LogP contribution in [0.5, 0.6) is 0 Å². The van der Waals surface area contributed by atoms with Crippen LogP contribution in [-0.2, 0) is 23.1 Å². The minimum absolute atomic E-state index is 0.0712. The highest BCUT2D eigenvalue weighted by Crippen LogP contribution is 2.15. The standard InChI is InChI=1S/C16H19FN2O3S/c17-14-4-3-12(13(10-14)11-20)2-1-9-19-15-5-7-16(8-6-15)23(18,21)22/h3-8,10,19-20H,1-2,9,11H2,(H2,18,21,22). The van der Waals surface area contributed by atoms with Crippen molar-refractivity contribution in [3.8, 4) is 0 Å². The van der Waals surface area contributed by atoms with Gasteiger partial charge in [-0.3, -0.25) is 0 Å². The van der Waals surface area contributed by atoms with E-state index in [0.717, 1.165) is 17.7 Å². The highest BCUT2D eigenvalue weighted by Gasteiger charge is 2.06. The molecule has 0 aliphatic heterocycles. The first-order valence-electron chi connectivity index (χ1n) is 7.15. The summed E-state index contributed by atoms with van der Waals surface area (Å²) in [5.74, 6) is -0.356. The zero-order chi connectivity index (χ0) is 16.9. The maximum absolute atomic E-state index is 13.1. The monoisotopic (exact) mass is 338 g/mol. The molecule has 5 nitrogen and oxygen atoms in total. The first-order chi connectivity index (χ1) is 10.9. The van der Waals surface area contributed by atoms with E-state index in [-0.39, 0.29) is 17.3 Å². The van der Waals surface area contributed by atoms with Gasteiger partial charge in [-0.15, -0.1) is 0 Å². The molecule has 0 bridgehead atoms. The SMILES string of the molecule is NS(=O)(=O)c1ccc(NCCCc2ccc(F)cc2CO)cc1. The number of aliphatic hydroxyl groups is 1. The average Bonchev–Trinajstić information content (AvgIpc) is 2.52. The quantitative estimate of drug-likeness (QED) is 0.673. The van der Waals surface area contributed by atoms with Gasteiger partial charge in [0.1, 0.15) is 5.82 Å². The molecule has 0 radical (unpaired) electrons. The van der Waals surface area contributed by atoms with E-state index in [1.165, 1.54) is 24.3 Å². The van der Waals surface area contributed by atoms with Crippen LogP contribution < -0.4 is 10.5 Å². The van der Waals surface area contributed by atoms with Gasteiger partial charge in [-0.1, -0.05) is 6.07 Å². The fourth-order valence-electron chi connectivity index (χ4n) is 2.26. The molecule has 0 atom stereocenters. The van der Waals surface area contributed by atoms with Gasteiger partial charge in [0.25, 0.3) is 0 Å². The molecule has 7 heteroatoms. The predicted molar refractivity (Wildman–Crippen MR) is 86.9 cm³/mol. The van der Waals surface area contributed by atoms with Crippen LogP contribution in [0.2, 0.25) is 0 Å². The maximum atomic E-state index is 13.1. The summed E-state index contributed by atoms with van der Waals surface area (Å²) in [7, 11) is -3.67. The van der Waals surface area contributed by atoms with Gasteiger partial charge in [-0.25, -0.2) is 17.9 Å². The van der Waals surface area contributed by atoms with E-state index in [0.29, 0.717) is 18.5 Å². The van der Waals surface area contributed by atoms with Crippen molar-refractivity contribution >= 4 is 15.7 Å². The number of aliphatic hydroxyl groups excluding tert-OH is 1. The molecule has 4 N–H and O–H groups in total. The average molecular weight is 338 g/mol. The summed E-state index contributed by atoms with van der Waals surface area (Å²) in [5, 5.41) is 17.4. The predicted octanol–water partition coefficient (Wildman–Crippen LogP) is 2.01. The molecule has 0 heterocycles. The molecule has 0 saturated carbocycles. The minimum atomic E-state index is -3.67. The van der Waals surface area contributed by atoms with Crippen molar-refractivity contribution in [1.82, 2.24) is 0 Å². The second kappa shape index (κ2) is 7.54. The molecule has 0 aliphatic carbocycles. The van der Waals surface area contributed by atoms with Gasteiger partial charge in [0.2, 0.25) is 10.0 Å². The van der Waals surface area contributed by atoms with E-state index in [2.05, 4.69) is 5.32 Å². The minimum Gasteiger partial charge on any atom is -0.392 e. The second-order valence-electron chi connectivity index (χ2n) is 5.17. The van der Waals surface area contributed by atoms with E-state index < -0.39 is 10.0 Å². The van der Waals surface area contributed by atoms with Crippen molar-refractivity contribution in [1.29, 1.82) is 0 Å². The molecular weight excluding hydrogens is 319 g/mol. The zero-order valence-corrected chi connectivity index (χ0v) is 13.3. The van der Waals surface area contributed by atoms with Crippen LogP contribution in [-0.4, -0.2) is 20.1 Å². The number of hydrogen-bond donors (Lipinski definition) is 3. The molecular formula is C16H19FN2O3S. The molecule has 124 valence electrons. The molecule has 0 saturated heterocycles. The highest BCUT2D eigenvalue weighted by molar-refractivity contribution is 7.89. The smallest absolute Gasteiger partial charge is 0.238 e. The van der Waals surface area contributed by atoms with Crippen molar-refractivity contribution < 1.29 is 17.9 Å². The van der Waals surface area contributed by atoms with Crippen LogP contribution in [0.3, 0.4) is 0 Å². The lowest BCUT2D eigenvalue weighted by Gasteiger charge is -2.09. The Hall–Kier alpha value is -1.96. The molecule has 2 rings (SSSR count). The van der Waals surface area contributed by atoms with Crippen LogP contribution in [0.25, 0.3) is 0 Å². The number of nitrogens with one attached hydrogen (secondary N) is 1. The Morgan fingerprint density at radius 1 is 1.09 bits per heavy atom. The largest absolute Gasteiger partial charge is 0.392 e. The van der Waals surface area contributed by atoms with Crippen LogP contribution in [0, 0.1) is 5.82 Å². The Balaban J connectivity index is 1.86. The number of primary sulfonamides is 1. The topological polar surface area (TPSA) is 92.4 Å². The van der Waals surface area contributed by atoms with Crippen LogP contribution in [0.15, 0.2) is 47.4 Å². The van der Waals surface area contributed by atoms with Gasteiger partial charge >= 0.3 is 0 Å². The number of benzene rings is 2. The lowest BCUT2D eigenvalue weighted by Crippen LogP contribution is -2.12. The Labute approximate surface area is 135 Å². The van der Waals surface area contributed by atoms with Crippen LogP contribution in [0.1, 0.15) is 17.5 Å². The first kappa shape index (κ1) is 17.4. The Bertz CT molecular complexity index is 761. The summed E-state index contributed by atoms with van der Waals surface area (Å²) >= 11 is 0. The third-order valence-corrected chi connectivity index (χ3v) is 4.40. The molecule has 0 aromatic heterocycles. The molecule has 23 heavy (non-hydrogen) atoms. The second-order valence-corrected chi connectivity index (χ2v) is 6.73. The number of aryl methyl sites for hydroxylation is 1. The summed E-state index contributed by atoms with van der Waals surface area (Å²) < 4.78 is 35.4. The van der Waals surface area contributed by atoms with Crippen molar-refractivity contribution in [3.63, 3.8) is 0 Å². The van der Waals surface area contributed by atoms with Gasteiger partial charge < -0.3 is 10.4 Å². The van der Waals surface area contributed by atoms with Gasteiger partial charge in [-0.05, 0) is 60.4 Å². The van der Waals surface area contributed by atoms with Gasteiger partial charge in [0, 0.05) is 12.2 Å². The summed E-state index contributed by atoms with van der Waals surface area (Å²) in [5.41, 5.74) is 2.31. The van der Waals surface area contributed by atoms with Gasteiger partial charge in [0.15, 0.2) is 0 Å². The number of sulfonamides is 1. The van der Waals surface area contributed by atoms with Gasteiger partial charge in [-0.2, -0.15) is 0 Å². The normalized spacial score (nSPS) is 11.4. The lowest BCUT2D eigenvalue weighted by atomic mass is 10.0.